The minimum absolute atomic E-state index is 0.137. The fraction of sp³-hybridized carbons (Fsp3) is 1.00. The summed E-state index contributed by atoms with van der Waals surface area (Å²) in [6.07, 6.45) is 0.934. The molecule has 0 radical (unpaired) electrons. The van der Waals surface area contributed by atoms with Crippen LogP contribution < -0.4 is 5.32 Å². The number of aliphatic hydroxyl groups is 1. The predicted octanol–water partition coefficient (Wildman–Crippen LogP) is 1.02. The van der Waals surface area contributed by atoms with Crippen molar-refractivity contribution in [3.8, 4) is 0 Å². The molecule has 0 rings (SSSR count). The molecule has 0 aromatic rings. The van der Waals surface area contributed by atoms with Crippen molar-refractivity contribution in [1.82, 2.24) is 5.32 Å². The van der Waals surface area contributed by atoms with E-state index in [2.05, 4.69) is 19.2 Å². The summed E-state index contributed by atoms with van der Waals surface area (Å²) < 4.78 is 5.03. The van der Waals surface area contributed by atoms with Crippen LogP contribution in [0.15, 0.2) is 0 Å². The van der Waals surface area contributed by atoms with E-state index in [0.29, 0.717) is 5.92 Å². The largest absolute Gasteiger partial charge is 0.394 e. The normalized spacial score (nSPS) is 18.2. The summed E-state index contributed by atoms with van der Waals surface area (Å²) in [6, 6.07) is 0. The fourth-order valence-electron chi connectivity index (χ4n) is 1.06. The third kappa shape index (κ3) is 5.24. The van der Waals surface area contributed by atoms with Crippen molar-refractivity contribution in [2.75, 3.05) is 26.9 Å². The molecule has 0 aliphatic rings. The first-order valence-corrected chi connectivity index (χ1v) is 4.92. The molecule has 0 amide bonds. The molecule has 2 N–H and O–H groups in total. The molecule has 0 aromatic carbocycles. The second-order valence-electron chi connectivity index (χ2n) is 4.01. The number of rotatable bonds is 7. The molecule has 0 aliphatic heterocycles. The summed E-state index contributed by atoms with van der Waals surface area (Å²) in [6.45, 7) is 8.07. The zero-order chi connectivity index (χ0) is 10.3. The Morgan fingerprint density at radius 2 is 2.15 bits per heavy atom. The van der Waals surface area contributed by atoms with Gasteiger partial charge in [0, 0.05) is 25.8 Å². The second-order valence-corrected chi connectivity index (χ2v) is 4.01. The zero-order valence-electron chi connectivity index (χ0n) is 9.26. The number of nitrogens with one attached hydrogen (secondary N) is 1. The van der Waals surface area contributed by atoms with E-state index in [0.717, 1.165) is 19.6 Å². The summed E-state index contributed by atoms with van der Waals surface area (Å²) in [4.78, 5) is 0. The van der Waals surface area contributed by atoms with Crippen LogP contribution in [-0.2, 0) is 4.74 Å². The molecule has 3 nitrogen and oxygen atoms in total. The molecular formula is C10H23NO2. The van der Waals surface area contributed by atoms with E-state index in [1.807, 2.05) is 6.92 Å². The van der Waals surface area contributed by atoms with Gasteiger partial charge in [-0.05, 0) is 19.3 Å². The van der Waals surface area contributed by atoms with Crippen molar-refractivity contribution in [3.05, 3.63) is 0 Å². The van der Waals surface area contributed by atoms with Crippen LogP contribution in [-0.4, -0.2) is 37.5 Å². The van der Waals surface area contributed by atoms with E-state index in [-0.39, 0.29) is 12.1 Å². The van der Waals surface area contributed by atoms with Crippen LogP contribution in [0, 0.1) is 5.92 Å². The lowest BCUT2D eigenvalue weighted by molar-refractivity contribution is 0.134. The van der Waals surface area contributed by atoms with Crippen LogP contribution in [0.1, 0.15) is 27.2 Å². The summed E-state index contributed by atoms with van der Waals surface area (Å²) in [7, 11) is 1.71. The third-order valence-electron chi connectivity index (χ3n) is 2.46. The summed E-state index contributed by atoms with van der Waals surface area (Å²) >= 11 is 0. The van der Waals surface area contributed by atoms with Gasteiger partial charge in [-0.2, -0.15) is 0 Å². The van der Waals surface area contributed by atoms with Crippen molar-refractivity contribution in [1.29, 1.82) is 0 Å². The minimum Gasteiger partial charge on any atom is -0.394 e. The van der Waals surface area contributed by atoms with Crippen molar-refractivity contribution in [2.24, 2.45) is 5.92 Å². The lowest BCUT2D eigenvalue weighted by Gasteiger charge is -2.28. The van der Waals surface area contributed by atoms with E-state index in [1.165, 1.54) is 0 Å². The number of aliphatic hydroxyl groups excluding tert-OH is 1. The van der Waals surface area contributed by atoms with E-state index < -0.39 is 0 Å². The first-order chi connectivity index (χ1) is 6.08. The maximum Gasteiger partial charge on any atom is 0.0610 e. The highest BCUT2D eigenvalue weighted by Crippen LogP contribution is 2.08. The van der Waals surface area contributed by atoms with Crippen LogP contribution in [0.5, 0.6) is 0 Å². The van der Waals surface area contributed by atoms with Crippen molar-refractivity contribution >= 4 is 0 Å². The molecule has 2 unspecified atom stereocenters. The van der Waals surface area contributed by atoms with Gasteiger partial charge < -0.3 is 15.2 Å². The van der Waals surface area contributed by atoms with Crippen LogP contribution >= 0.6 is 0 Å². The maximum absolute atomic E-state index is 9.13. The zero-order valence-corrected chi connectivity index (χ0v) is 9.26. The van der Waals surface area contributed by atoms with E-state index in [9.17, 15) is 0 Å². The lowest BCUT2D eigenvalue weighted by atomic mass is 9.99. The Morgan fingerprint density at radius 3 is 2.54 bits per heavy atom. The number of hydrogen-bond donors (Lipinski definition) is 2. The second kappa shape index (κ2) is 6.35. The molecule has 0 aliphatic carbocycles. The summed E-state index contributed by atoms with van der Waals surface area (Å²) in [5.74, 6) is 0.488. The molecule has 3 heteroatoms. The predicted molar refractivity (Wildman–Crippen MR) is 54.8 cm³/mol. The topological polar surface area (TPSA) is 41.5 Å². The molecule has 13 heavy (non-hydrogen) atoms. The van der Waals surface area contributed by atoms with Crippen LogP contribution in [0.25, 0.3) is 0 Å². The van der Waals surface area contributed by atoms with Gasteiger partial charge in [0.1, 0.15) is 0 Å². The molecular weight excluding hydrogens is 166 g/mol. The van der Waals surface area contributed by atoms with E-state index in [4.69, 9.17) is 9.84 Å². The number of methoxy groups -OCH3 is 1. The number of ether oxygens (including phenoxy) is 1. The molecule has 0 saturated carbocycles. The Bertz CT molecular complexity index is 124. The van der Waals surface area contributed by atoms with Gasteiger partial charge in [-0.25, -0.2) is 0 Å². The Kier molecular flexibility index (Phi) is 6.29. The summed E-state index contributed by atoms with van der Waals surface area (Å²) in [5.41, 5.74) is -0.137. The first kappa shape index (κ1) is 12.9. The van der Waals surface area contributed by atoms with Crippen molar-refractivity contribution in [3.63, 3.8) is 0 Å². The van der Waals surface area contributed by atoms with Gasteiger partial charge in [-0.15, -0.1) is 0 Å². The van der Waals surface area contributed by atoms with E-state index in [1.54, 1.807) is 7.11 Å². The van der Waals surface area contributed by atoms with Crippen LogP contribution in [0.3, 0.4) is 0 Å². The lowest BCUT2D eigenvalue weighted by Crippen LogP contribution is -2.47. The smallest absolute Gasteiger partial charge is 0.0610 e. The quantitative estimate of drug-likeness (QED) is 0.628. The Hall–Kier alpha value is -0.120. The Balaban J connectivity index is 3.71. The average Bonchev–Trinajstić information content (AvgIpc) is 2.15. The van der Waals surface area contributed by atoms with Crippen molar-refractivity contribution < 1.29 is 9.84 Å². The highest BCUT2D eigenvalue weighted by molar-refractivity contribution is 4.80. The molecule has 0 fully saturated rings. The van der Waals surface area contributed by atoms with Gasteiger partial charge >= 0.3 is 0 Å². The highest BCUT2D eigenvalue weighted by Gasteiger charge is 2.20. The van der Waals surface area contributed by atoms with Gasteiger partial charge in [0.15, 0.2) is 0 Å². The van der Waals surface area contributed by atoms with Gasteiger partial charge in [-0.3, -0.25) is 0 Å². The third-order valence-corrected chi connectivity index (χ3v) is 2.46. The monoisotopic (exact) mass is 189 g/mol. The van der Waals surface area contributed by atoms with Crippen LogP contribution in [0.4, 0.5) is 0 Å². The van der Waals surface area contributed by atoms with Gasteiger partial charge in [0.25, 0.3) is 0 Å². The molecule has 0 bridgehead atoms. The van der Waals surface area contributed by atoms with Crippen LogP contribution in [0.2, 0.25) is 0 Å². The number of hydrogen-bond acceptors (Lipinski definition) is 3. The molecule has 0 spiro atoms. The molecule has 0 heterocycles. The average molecular weight is 189 g/mol. The van der Waals surface area contributed by atoms with Gasteiger partial charge in [0.05, 0.1) is 6.61 Å². The molecule has 0 saturated heterocycles. The van der Waals surface area contributed by atoms with Crippen molar-refractivity contribution in [2.45, 2.75) is 32.7 Å². The first-order valence-electron chi connectivity index (χ1n) is 4.92. The molecule has 2 atom stereocenters. The SMILES string of the molecule is CCC(C)(CO)NCC(C)COC. The fourth-order valence-corrected chi connectivity index (χ4v) is 1.06. The molecule has 0 aromatic heterocycles. The highest BCUT2D eigenvalue weighted by atomic mass is 16.5. The summed E-state index contributed by atoms with van der Waals surface area (Å²) in [5, 5.41) is 12.5. The van der Waals surface area contributed by atoms with Gasteiger partial charge in [-0.1, -0.05) is 13.8 Å². The minimum atomic E-state index is -0.137. The standard InChI is InChI=1S/C10H23NO2/c1-5-10(3,8-12)11-6-9(2)7-13-4/h9,11-12H,5-8H2,1-4H3. The molecule has 80 valence electrons. The Labute approximate surface area is 81.5 Å². The van der Waals surface area contributed by atoms with E-state index >= 15 is 0 Å². The maximum atomic E-state index is 9.13. The Morgan fingerprint density at radius 1 is 1.54 bits per heavy atom. The van der Waals surface area contributed by atoms with Gasteiger partial charge in [0.2, 0.25) is 0 Å².